The van der Waals surface area contributed by atoms with E-state index >= 15 is 0 Å². The molecule has 3 fully saturated rings. The van der Waals surface area contributed by atoms with Crippen molar-refractivity contribution in [3.05, 3.63) is 78.9 Å². The minimum Gasteiger partial charge on any atom is -0.494 e. The van der Waals surface area contributed by atoms with Crippen molar-refractivity contribution in [2.24, 2.45) is 11.8 Å². The number of para-hydroxylation sites is 1. The standard InChI is InChI=1S/C35H42ClN3O6/c1-6-20-37(24-14-16-25(17-15-24)44-9-4)31(41)28-29-32(42)39(23(5)22-40)30(35(29)19-18-34(28,8-3)45-35)33(43)38(21-7-2)27-13-11-10-12-26(27)36/h6-7,10-17,23,28-30,40H,1-2,8-9,18-22H2,3-5H3/t23-,28+,29+,30?,34-,35?/m1/s1. The zero-order valence-corrected chi connectivity index (χ0v) is 26.9. The van der Waals surface area contributed by atoms with E-state index in [9.17, 15) is 19.5 Å². The van der Waals surface area contributed by atoms with E-state index in [1.54, 1.807) is 60.4 Å². The number of anilines is 2. The highest BCUT2D eigenvalue weighted by atomic mass is 35.5. The minimum atomic E-state index is -1.27. The number of carbonyl (C=O) groups is 3. The van der Waals surface area contributed by atoms with E-state index in [1.807, 2.05) is 26.0 Å². The van der Waals surface area contributed by atoms with Gasteiger partial charge >= 0.3 is 0 Å². The van der Waals surface area contributed by atoms with Gasteiger partial charge in [-0.1, -0.05) is 42.8 Å². The fourth-order valence-corrected chi connectivity index (χ4v) is 7.87. The van der Waals surface area contributed by atoms with Crippen molar-refractivity contribution >= 4 is 40.7 Å². The van der Waals surface area contributed by atoms with E-state index in [2.05, 4.69) is 13.2 Å². The quantitative estimate of drug-likeness (QED) is 0.311. The number of hydrogen-bond donors (Lipinski definition) is 1. The third kappa shape index (κ3) is 5.24. The molecule has 6 atom stereocenters. The molecule has 0 aromatic heterocycles. The second kappa shape index (κ2) is 13.0. The number of benzene rings is 2. The number of halogens is 1. The molecule has 2 aromatic rings. The fourth-order valence-electron chi connectivity index (χ4n) is 7.64. The molecule has 1 spiro atoms. The van der Waals surface area contributed by atoms with Crippen LogP contribution in [0.1, 0.15) is 40.0 Å². The first-order valence-corrected chi connectivity index (χ1v) is 16.0. The van der Waals surface area contributed by atoms with Crippen LogP contribution in [0.2, 0.25) is 5.02 Å². The Hall–Kier alpha value is -3.66. The molecule has 3 saturated heterocycles. The van der Waals surface area contributed by atoms with Gasteiger partial charge in [-0.25, -0.2) is 0 Å². The van der Waals surface area contributed by atoms with E-state index < -0.39 is 41.0 Å². The van der Waals surface area contributed by atoms with Crippen LogP contribution in [0.15, 0.2) is 73.8 Å². The number of likely N-dealkylation sites (tertiary alicyclic amines) is 1. The lowest BCUT2D eigenvalue weighted by Crippen LogP contribution is -2.58. The van der Waals surface area contributed by atoms with Crippen LogP contribution in [0, 0.1) is 11.8 Å². The van der Waals surface area contributed by atoms with Gasteiger partial charge < -0.3 is 29.3 Å². The summed E-state index contributed by atoms with van der Waals surface area (Å²) in [4.78, 5) is 48.6. The molecule has 9 nitrogen and oxygen atoms in total. The molecule has 2 aromatic carbocycles. The van der Waals surface area contributed by atoms with Gasteiger partial charge in [0.25, 0.3) is 5.91 Å². The maximum Gasteiger partial charge on any atom is 0.253 e. The van der Waals surface area contributed by atoms with Crippen molar-refractivity contribution in [3.63, 3.8) is 0 Å². The predicted octanol–water partition coefficient (Wildman–Crippen LogP) is 5.01. The summed E-state index contributed by atoms with van der Waals surface area (Å²) in [5.74, 6) is -2.12. The molecule has 240 valence electrons. The summed E-state index contributed by atoms with van der Waals surface area (Å²) in [5.41, 5.74) is -1.09. The average Bonchev–Trinajstić information content (AvgIpc) is 3.66. The molecule has 3 aliphatic heterocycles. The van der Waals surface area contributed by atoms with Crippen molar-refractivity contribution in [2.75, 3.05) is 36.1 Å². The number of aliphatic hydroxyl groups is 1. The van der Waals surface area contributed by atoms with Crippen LogP contribution < -0.4 is 14.5 Å². The molecule has 10 heteroatoms. The zero-order chi connectivity index (χ0) is 32.5. The van der Waals surface area contributed by atoms with Gasteiger partial charge in [0.05, 0.1) is 47.4 Å². The monoisotopic (exact) mass is 635 g/mol. The van der Waals surface area contributed by atoms with Crippen molar-refractivity contribution in [1.82, 2.24) is 4.90 Å². The van der Waals surface area contributed by atoms with Crippen LogP contribution in [-0.2, 0) is 19.1 Å². The van der Waals surface area contributed by atoms with E-state index in [4.69, 9.17) is 21.1 Å². The molecule has 0 aliphatic carbocycles. The highest BCUT2D eigenvalue weighted by Gasteiger charge is 2.79. The largest absolute Gasteiger partial charge is 0.494 e. The Balaban J connectivity index is 1.61. The molecule has 5 rings (SSSR count). The summed E-state index contributed by atoms with van der Waals surface area (Å²) in [6.45, 7) is 13.8. The van der Waals surface area contributed by atoms with Gasteiger partial charge in [-0.2, -0.15) is 0 Å². The Labute approximate surface area is 270 Å². The number of ether oxygens (including phenoxy) is 2. The summed E-state index contributed by atoms with van der Waals surface area (Å²) in [6.07, 6.45) is 4.66. The topological polar surface area (TPSA) is 99.6 Å². The SMILES string of the molecule is C=CCN(C(=O)[C@@H]1[C@H]2C(=O)N([C@H](C)CO)C(C(=O)N(CC=C)c3ccccc3Cl)C23CC[C@@]1(CC)O3)c1ccc(OCC)cc1. The average molecular weight is 636 g/mol. The lowest BCUT2D eigenvalue weighted by molar-refractivity contribution is -0.149. The van der Waals surface area contributed by atoms with E-state index in [1.165, 1.54) is 9.80 Å². The number of nitrogens with zero attached hydrogens (tertiary/aromatic N) is 3. The first-order valence-electron chi connectivity index (χ1n) is 15.6. The van der Waals surface area contributed by atoms with E-state index in [-0.39, 0.29) is 31.5 Å². The van der Waals surface area contributed by atoms with Crippen molar-refractivity contribution in [3.8, 4) is 5.75 Å². The second-order valence-electron chi connectivity index (χ2n) is 12.0. The summed E-state index contributed by atoms with van der Waals surface area (Å²) in [6, 6.07) is 12.5. The number of aliphatic hydroxyl groups excluding tert-OH is 1. The third-order valence-corrected chi connectivity index (χ3v) is 9.94. The normalized spacial score (nSPS) is 27.2. The van der Waals surface area contributed by atoms with E-state index in [0.717, 1.165) is 0 Å². The van der Waals surface area contributed by atoms with Gasteiger partial charge in [0, 0.05) is 18.8 Å². The number of fused-ring (bicyclic) bond motifs is 1. The first kappa shape index (κ1) is 32.7. The highest BCUT2D eigenvalue weighted by Crippen LogP contribution is 2.65. The third-order valence-electron chi connectivity index (χ3n) is 9.62. The maximum absolute atomic E-state index is 14.7. The van der Waals surface area contributed by atoms with Crippen LogP contribution in [0.3, 0.4) is 0 Å². The molecule has 45 heavy (non-hydrogen) atoms. The minimum absolute atomic E-state index is 0.140. The molecular weight excluding hydrogens is 594 g/mol. The lowest BCUT2D eigenvalue weighted by Gasteiger charge is -2.39. The summed E-state index contributed by atoms with van der Waals surface area (Å²) >= 11 is 6.56. The number of amides is 3. The summed E-state index contributed by atoms with van der Waals surface area (Å²) < 4.78 is 12.5. The van der Waals surface area contributed by atoms with Gasteiger partial charge in [-0.05, 0) is 69.5 Å². The van der Waals surface area contributed by atoms with E-state index in [0.29, 0.717) is 48.0 Å². The summed E-state index contributed by atoms with van der Waals surface area (Å²) in [7, 11) is 0. The summed E-state index contributed by atoms with van der Waals surface area (Å²) in [5, 5.41) is 10.7. The molecule has 2 unspecified atom stereocenters. The molecular formula is C35H42ClN3O6. The van der Waals surface area contributed by atoms with Crippen LogP contribution >= 0.6 is 11.6 Å². The fraction of sp³-hybridized carbons (Fsp3) is 0.457. The Morgan fingerprint density at radius 2 is 1.76 bits per heavy atom. The van der Waals surface area contributed by atoms with Crippen LogP contribution in [0.5, 0.6) is 5.75 Å². The van der Waals surface area contributed by atoms with Gasteiger partial charge in [0.1, 0.15) is 17.4 Å². The second-order valence-corrected chi connectivity index (χ2v) is 12.4. The Morgan fingerprint density at radius 3 is 2.36 bits per heavy atom. The Morgan fingerprint density at radius 1 is 1.09 bits per heavy atom. The lowest BCUT2D eigenvalue weighted by atomic mass is 9.64. The van der Waals surface area contributed by atoms with Crippen LogP contribution in [0.25, 0.3) is 0 Å². The Bertz CT molecular complexity index is 1470. The van der Waals surface area contributed by atoms with Gasteiger partial charge in [0.15, 0.2) is 0 Å². The van der Waals surface area contributed by atoms with Crippen LogP contribution in [0.4, 0.5) is 11.4 Å². The highest BCUT2D eigenvalue weighted by molar-refractivity contribution is 6.34. The number of hydrogen-bond acceptors (Lipinski definition) is 6. The van der Waals surface area contributed by atoms with Crippen molar-refractivity contribution in [1.29, 1.82) is 0 Å². The molecule has 0 radical (unpaired) electrons. The molecule has 3 heterocycles. The van der Waals surface area contributed by atoms with Crippen molar-refractivity contribution < 1.29 is 29.0 Å². The van der Waals surface area contributed by atoms with Gasteiger partial charge in [-0.3, -0.25) is 14.4 Å². The molecule has 1 N–H and O–H groups in total. The van der Waals surface area contributed by atoms with Crippen LogP contribution in [-0.4, -0.2) is 77.3 Å². The molecule has 2 bridgehead atoms. The molecule has 3 aliphatic rings. The number of rotatable bonds is 13. The van der Waals surface area contributed by atoms with Gasteiger partial charge in [0.2, 0.25) is 11.8 Å². The first-order chi connectivity index (χ1) is 21.6. The maximum atomic E-state index is 14.7. The molecule has 0 saturated carbocycles. The van der Waals surface area contributed by atoms with Crippen molar-refractivity contribution in [2.45, 2.75) is 63.3 Å². The van der Waals surface area contributed by atoms with Gasteiger partial charge in [-0.15, -0.1) is 13.2 Å². The Kier molecular flexibility index (Phi) is 9.44. The molecule has 3 amide bonds. The smallest absolute Gasteiger partial charge is 0.253 e. The zero-order valence-electron chi connectivity index (χ0n) is 26.2. The number of carbonyl (C=O) groups excluding carboxylic acids is 3. The predicted molar refractivity (Wildman–Crippen MR) is 174 cm³/mol.